The lowest BCUT2D eigenvalue weighted by atomic mass is 10.0. The zero-order valence-corrected chi connectivity index (χ0v) is 13.4. The zero-order valence-electron chi connectivity index (χ0n) is 11.8. The Morgan fingerprint density at radius 1 is 0.947 bits per heavy atom. The number of hydrogen-bond acceptors (Lipinski definition) is 3. The van der Waals surface area contributed by atoms with Crippen molar-refractivity contribution >= 4 is 21.8 Å². The third-order valence-electron chi connectivity index (χ3n) is 5.22. The Morgan fingerprint density at radius 3 is 2.05 bits per heavy atom. The number of piperidine rings is 1. The Kier molecular flexibility index (Phi) is 4.16. The fourth-order valence-corrected chi connectivity index (χ4v) is 7.54. The second-order valence-corrected chi connectivity index (χ2v) is 9.61. The number of fused-ring (bicyclic) bond motifs is 2. The molecule has 2 atom stereocenters. The average Bonchev–Trinajstić information content (AvgIpc) is 2.72. The van der Waals surface area contributed by atoms with E-state index in [0.717, 1.165) is 51.4 Å². The van der Waals surface area contributed by atoms with Crippen LogP contribution in [0.25, 0.3) is 0 Å². The fourth-order valence-electron chi connectivity index (χ4n) is 4.23. The summed E-state index contributed by atoms with van der Waals surface area (Å²) in [5.41, 5.74) is 0. The monoisotopic (exact) mass is 303 g/mol. The topological polar surface area (TPSA) is 37.4 Å². The van der Waals surface area contributed by atoms with E-state index in [1.54, 1.807) is 0 Å². The lowest BCUT2D eigenvalue weighted by Gasteiger charge is -2.40. The van der Waals surface area contributed by atoms with Gasteiger partial charge in [-0.15, -0.1) is 0 Å². The molecule has 1 saturated carbocycles. The molecule has 5 heteroatoms. The molecule has 3 fully saturated rings. The van der Waals surface area contributed by atoms with Gasteiger partial charge in [0, 0.05) is 17.3 Å². The van der Waals surface area contributed by atoms with Gasteiger partial charge in [-0.1, -0.05) is 19.3 Å². The number of nitrogens with zero attached hydrogens (tertiary/aromatic N) is 1. The molecular weight excluding hydrogens is 278 g/mol. The minimum Gasteiger partial charge on any atom is -0.212 e. The summed E-state index contributed by atoms with van der Waals surface area (Å²) in [7, 11) is -3.03. The molecule has 2 aliphatic heterocycles. The van der Waals surface area contributed by atoms with Gasteiger partial charge in [-0.2, -0.15) is 16.1 Å². The van der Waals surface area contributed by atoms with Crippen molar-refractivity contribution in [2.75, 3.05) is 6.26 Å². The molecule has 19 heavy (non-hydrogen) atoms. The van der Waals surface area contributed by atoms with Crippen LogP contribution in [0.2, 0.25) is 0 Å². The molecule has 2 saturated heterocycles. The maximum absolute atomic E-state index is 12.9. The summed E-state index contributed by atoms with van der Waals surface area (Å²) < 4.78 is 27.8. The first-order valence-electron chi connectivity index (χ1n) is 7.68. The number of sulfonamides is 1. The molecule has 1 aliphatic carbocycles. The Labute approximate surface area is 121 Å². The van der Waals surface area contributed by atoms with Crippen LogP contribution in [0.1, 0.15) is 57.8 Å². The second-order valence-electron chi connectivity index (χ2n) is 6.35. The van der Waals surface area contributed by atoms with Gasteiger partial charge < -0.3 is 0 Å². The second kappa shape index (κ2) is 5.57. The molecule has 3 nitrogen and oxygen atoms in total. The Bertz CT molecular complexity index is 403. The van der Waals surface area contributed by atoms with Crippen LogP contribution in [-0.4, -0.2) is 41.6 Å². The minimum absolute atomic E-state index is 0.0739. The maximum Gasteiger partial charge on any atom is 0.217 e. The first-order valence-corrected chi connectivity index (χ1v) is 10.5. The van der Waals surface area contributed by atoms with Gasteiger partial charge in [0.05, 0.1) is 5.25 Å². The Hall–Kier alpha value is 0.260. The van der Waals surface area contributed by atoms with Gasteiger partial charge in [0.15, 0.2) is 0 Å². The molecule has 0 aromatic heterocycles. The van der Waals surface area contributed by atoms with Crippen molar-refractivity contribution in [3.05, 3.63) is 0 Å². The van der Waals surface area contributed by atoms with Gasteiger partial charge in [0.25, 0.3) is 0 Å². The van der Waals surface area contributed by atoms with Crippen LogP contribution in [0.4, 0.5) is 0 Å². The summed E-state index contributed by atoms with van der Waals surface area (Å²) in [6.45, 7) is 0. The smallest absolute Gasteiger partial charge is 0.212 e. The summed E-state index contributed by atoms with van der Waals surface area (Å²) in [4.78, 5) is 0. The summed E-state index contributed by atoms with van der Waals surface area (Å²) in [6.07, 6.45) is 11.7. The SMILES string of the molecule is CSC1CC2CCC(C1)N2S(=O)(=O)C1CCCCC1. The van der Waals surface area contributed by atoms with Crippen LogP contribution in [0, 0.1) is 0 Å². The van der Waals surface area contributed by atoms with Gasteiger partial charge in [0.1, 0.15) is 0 Å². The van der Waals surface area contributed by atoms with Crippen molar-refractivity contribution in [1.82, 2.24) is 4.31 Å². The largest absolute Gasteiger partial charge is 0.217 e. The highest BCUT2D eigenvalue weighted by Gasteiger charge is 2.48. The van der Waals surface area contributed by atoms with E-state index in [0.29, 0.717) is 17.3 Å². The zero-order chi connectivity index (χ0) is 13.5. The number of rotatable bonds is 3. The maximum atomic E-state index is 12.9. The Morgan fingerprint density at radius 2 is 1.53 bits per heavy atom. The molecule has 3 aliphatic rings. The highest BCUT2D eigenvalue weighted by atomic mass is 32.2. The lowest BCUT2D eigenvalue weighted by molar-refractivity contribution is 0.247. The van der Waals surface area contributed by atoms with Crippen molar-refractivity contribution in [1.29, 1.82) is 0 Å². The lowest BCUT2D eigenvalue weighted by Crippen LogP contribution is -2.50. The van der Waals surface area contributed by atoms with E-state index in [2.05, 4.69) is 6.26 Å². The predicted octanol–water partition coefficient (Wildman–Crippen LogP) is 3.01. The third-order valence-corrected chi connectivity index (χ3v) is 8.77. The van der Waals surface area contributed by atoms with Gasteiger partial charge in [0.2, 0.25) is 10.0 Å². The molecule has 0 spiro atoms. The van der Waals surface area contributed by atoms with Gasteiger partial charge >= 0.3 is 0 Å². The fraction of sp³-hybridized carbons (Fsp3) is 1.00. The van der Waals surface area contributed by atoms with Crippen LogP contribution in [0.5, 0.6) is 0 Å². The minimum atomic E-state index is -3.03. The van der Waals surface area contributed by atoms with E-state index in [1.165, 1.54) is 6.42 Å². The van der Waals surface area contributed by atoms with Gasteiger partial charge in [-0.25, -0.2) is 8.42 Å². The summed E-state index contributed by atoms with van der Waals surface area (Å²) in [6, 6.07) is 0.617. The summed E-state index contributed by atoms with van der Waals surface area (Å²) >= 11 is 1.92. The predicted molar refractivity (Wildman–Crippen MR) is 81.0 cm³/mol. The van der Waals surface area contributed by atoms with E-state index in [1.807, 2.05) is 16.1 Å². The standard InChI is InChI=1S/C14H25NO2S2/c1-18-13-9-11-7-8-12(10-13)15(11)19(16,17)14-5-3-2-4-6-14/h11-14H,2-10H2,1H3. The third kappa shape index (κ3) is 2.58. The molecule has 110 valence electrons. The molecule has 0 aromatic rings. The highest BCUT2D eigenvalue weighted by Crippen LogP contribution is 2.43. The van der Waals surface area contributed by atoms with Crippen LogP contribution in [-0.2, 0) is 10.0 Å². The van der Waals surface area contributed by atoms with Gasteiger partial charge in [-0.05, 0) is 44.8 Å². The van der Waals surface area contributed by atoms with Crippen molar-refractivity contribution in [3.63, 3.8) is 0 Å². The first-order chi connectivity index (χ1) is 9.13. The Balaban J connectivity index is 1.78. The van der Waals surface area contributed by atoms with Crippen LogP contribution in [0.3, 0.4) is 0 Å². The van der Waals surface area contributed by atoms with E-state index in [4.69, 9.17) is 0 Å². The molecule has 0 aromatic carbocycles. The van der Waals surface area contributed by atoms with Crippen LogP contribution >= 0.6 is 11.8 Å². The summed E-state index contributed by atoms with van der Waals surface area (Å²) in [5, 5.41) is 0.602. The van der Waals surface area contributed by atoms with Crippen molar-refractivity contribution in [2.45, 2.75) is 80.4 Å². The molecule has 2 unspecified atom stereocenters. The van der Waals surface area contributed by atoms with E-state index < -0.39 is 10.0 Å². The van der Waals surface area contributed by atoms with Crippen LogP contribution in [0.15, 0.2) is 0 Å². The van der Waals surface area contributed by atoms with Crippen molar-refractivity contribution in [3.8, 4) is 0 Å². The van der Waals surface area contributed by atoms with Crippen LogP contribution < -0.4 is 0 Å². The summed E-state index contributed by atoms with van der Waals surface area (Å²) in [5.74, 6) is 0. The van der Waals surface area contributed by atoms with Gasteiger partial charge in [-0.3, -0.25) is 0 Å². The average molecular weight is 303 g/mol. The molecule has 3 rings (SSSR count). The molecular formula is C14H25NO2S2. The molecule has 0 N–H and O–H groups in total. The molecule has 2 heterocycles. The van der Waals surface area contributed by atoms with E-state index >= 15 is 0 Å². The highest BCUT2D eigenvalue weighted by molar-refractivity contribution is 7.99. The normalized spacial score (nSPS) is 37.6. The number of hydrogen-bond donors (Lipinski definition) is 0. The first kappa shape index (κ1) is 14.2. The quantitative estimate of drug-likeness (QED) is 0.804. The van der Waals surface area contributed by atoms with Crippen molar-refractivity contribution < 1.29 is 8.42 Å². The molecule has 2 bridgehead atoms. The number of thioether (sulfide) groups is 1. The van der Waals surface area contributed by atoms with Crippen molar-refractivity contribution in [2.24, 2.45) is 0 Å². The molecule has 0 amide bonds. The van der Waals surface area contributed by atoms with E-state index in [-0.39, 0.29) is 5.25 Å². The van der Waals surface area contributed by atoms with E-state index in [9.17, 15) is 8.42 Å². The molecule has 0 radical (unpaired) electrons.